The molecule has 1 heterocycles. The first-order valence-electron chi connectivity index (χ1n) is 4.59. The van der Waals surface area contributed by atoms with Crippen LogP contribution >= 0.6 is 11.6 Å². The minimum atomic E-state index is -0.127. The fourth-order valence-corrected chi connectivity index (χ4v) is 1.06. The van der Waals surface area contributed by atoms with Gasteiger partial charge >= 0.3 is 0 Å². The van der Waals surface area contributed by atoms with E-state index in [1.807, 2.05) is 20.8 Å². The maximum Gasteiger partial charge on any atom is 0.255 e. The molecule has 0 bridgehead atoms. The van der Waals surface area contributed by atoms with Gasteiger partial charge in [0.15, 0.2) is 0 Å². The van der Waals surface area contributed by atoms with Crippen LogP contribution in [0.3, 0.4) is 0 Å². The van der Waals surface area contributed by atoms with Crippen molar-refractivity contribution in [2.45, 2.75) is 33.2 Å². The fraction of sp³-hybridized carbons (Fsp3) is 0.556. The van der Waals surface area contributed by atoms with Crippen LogP contribution in [0.25, 0.3) is 0 Å². The molecule has 1 rings (SSSR count). The third-order valence-corrected chi connectivity index (χ3v) is 1.50. The summed E-state index contributed by atoms with van der Waals surface area (Å²) in [6.07, 6.45) is 1.60. The molecule has 15 heavy (non-hydrogen) atoms. The van der Waals surface area contributed by atoms with Crippen LogP contribution < -0.4 is 5.32 Å². The van der Waals surface area contributed by atoms with Crippen LogP contribution in [0.2, 0.25) is 5.28 Å². The lowest BCUT2D eigenvalue weighted by molar-refractivity contribution is 0.625. The van der Waals surface area contributed by atoms with Gasteiger partial charge in [-0.2, -0.15) is 15.0 Å². The Labute approximate surface area is 94.0 Å². The van der Waals surface area contributed by atoms with Crippen molar-refractivity contribution < 1.29 is 0 Å². The molecular weight excluding hydrogens is 214 g/mol. The van der Waals surface area contributed by atoms with E-state index in [2.05, 4.69) is 25.3 Å². The van der Waals surface area contributed by atoms with Gasteiger partial charge in [-0.1, -0.05) is 0 Å². The molecule has 0 amide bonds. The largest absolute Gasteiger partial charge is 0.349 e. The van der Waals surface area contributed by atoms with Crippen LogP contribution in [0.15, 0.2) is 4.99 Å². The van der Waals surface area contributed by atoms with Gasteiger partial charge in [-0.3, -0.25) is 0 Å². The Morgan fingerprint density at radius 2 is 1.93 bits per heavy atom. The van der Waals surface area contributed by atoms with E-state index in [1.165, 1.54) is 0 Å². The third-order valence-electron chi connectivity index (χ3n) is 1.33. The fourth-order valence-electron chi connectivity index (χ4n) is 0.904. The number of aromatic nitrogens is 3. The van der Waals surface area contributed by atoms with Gasteiger partial charge in [-0.05, 0) is 39.3 Å². The van der Waals surface area contributed by atoms with E-state index in [-0.39, 0.29) is 10.8 Å². The molecule has 5 nitrogen and oxygen atoms in total. The lowest BCUT2D eigenvalue weighted by atomic mass is 10.1. The number of nitrogens with zero attached hydrogens (tertiary/aromatic N) is 4. The van der Waals surface area contributed by atoms with Gasteiger partial charge in [0.05, 0.1) is 0 Å². The molecule has 0 aliphatic rings. The topological polar surface area (TPSA) is 63.1 Å². The lowest BCUT2D eigenvalue weighted by Gasteiger charge is -2.20. The first kappa shape index (κ1) is 11.8. The van der Waals surface area contributed by atoms with Crippen LogP contribution in [-0.2, 0) is 0 Å². The number of rotatable bonds is 2. The zero-order valence-corrected chi connectivity index (χ0v) is 10.0. The monoisotopic (exact) mass is 227 g/mol. The Balaban J connectivity index is 2.99. The minimum Gasteiger partial charge on any atom is -0.349 e. The number of hydrogen-bond donors (Lipinski definition) is 1. The first-order chi connectivity index (χ1) is 6.90. The van der Waals surface area contributed by atoms with Crippen molar-refractivity contribution in [1.82, 2.24) is 15.0 Å². The van der Waals surface area contributed by atoms with Crippen molar-refractivity contribution >= 4 is 29.7 Å². The van der Waals surface area contributed by atoms with E-state index >= 15 is 0 Å². The molecule has 0 aliphatic carbocycles. The molecule has 0 aromatic carbocycles. The Kier molecular flexibility index (Phi) is 3.57. The average molecular weight is 228 g/mol. The molecule has 0 spiro atoms. The van der Waals surface area contributed by atoms with Gasteiger partial charge in [0.25, 0.3) is 5.95 Å². The second kappa shape index (κ2) is 4.53. The van der Waals surface area contributed by atoms with E-state index in [0.717, 1.165) is 0 Å². The summed E-state index contributed by atoms with van der Waals surface area (Å²) in [6.45, 7) is 7.81. The number of hydrogen-bond acceptors (Lipinski definition) is 5. The van der Waals surface area contributed by atoms with Crippen LogP contribution in [0.4, 0.5) is 11.9 Å². The molecule has 1 aromatic heterocycles. The predicted octanol–water partition coefficient (Wildman–Crippen LogP) is 2.46. The highest BCUT2D eigenvalue weighted by atomic mass is 35.5. The zero-order chi connectivity index (χ0) is 11.5. The molecule has 1 N–H and O–H groups in total. The van der Waals surface area contributed by atoms with Crippen LogP contribution in [0.5, 0.6) is 0 Å². The molecule has 0 radical (unpaired) electrons. The van der Waals surface area contributed by atoms with Crippen molar-refractivity contribution in [3.05, 3.63) is 5.28 Å². The quantitative estimate of drug-likeness (QED) is 0.789. The molecule has 0 fully saturated rings. The highest BCUT2D eigenvalue weighted by Gasteiger charge is 2.12. The normalized spacial score (nSPS) is 12.1. The van der Waals surface area contributed by atoms with Gasteiger partial charge in [0.2, 0.25) is 11.2 Å². The number of nitrogens with one attached hydrogen (secondary N) is 1. The van der Waals surface area contributed by atoms with Crippen LogP contribution in [0.1, 0.15) is 27.7 Å². The standard InChI is InChI=1S/C9H14ClN5/c1-5-11-7-12-6(10)13-8(14-7)15-9(2,3)4/h5H,1-4H3,(H,12,13,14,15). The average Bonchev–Trinajstić information content (AvgIpc) is 1.99. The van der Waals surface area contributed by atoms with Crippen LogP contribution in [0, 0.1) is 0 Å². The number of anilines is 1. The minimum absolute atomic E-state index is 0.127. The summed E-state index contributed by atoms with van der Waals surface area (Å²) in [5, 5.41) is 3.24. The van der Waals surface area contributed by atoms with Gasteiger partial charge in [0, 0.05) is 11.8 Å². The molecule has 6 heteroatoms. The van der Waals surface area contributed by atoms with Gasteiger partial charge in [0.1, 0.15) is 0 Å². The second-order valence-electron chi connectivity index (χ2n) is 3.99. The van der Waals surface area contributed by atoms with Crippen molar-refractivity contribution in [2.24, 2.45) is 4.99 Å². The maximum absolute atomic E-state index is 5.74. The highest BCUT2D eigenvalue weighted by molar-refractivity contribution is 6.28. The molecular formula is C9H14ClN5. The van der Waals surface area contributed by atoms with E-state index in [9.17, 15) is 0 Å². The van der Waals surface area contributed by atoms with E-state index in [1.54, 1.807) is 13.1 Å². The Hall–Kier alpha value is -1.23. The summed E-state index contributed by atoms with van der Waals surface area (Å²) in [7, 11) is 0. The summed E-state index contributed by atoms with van der Waals surface area (Å²) >= 11 is 5.74. The Morgan fingerprint density at radius 3 is 2.47 bits per heavy atom. The van der Waals surface area contributed by atoms with Gasteiger partial charge in [-0.15, -0.1) is 0 Å². The molecule has 0 unspecified atom stereocenters. The Bertz CT molecular complexity index is 369. The molecule has 0 saturated carbocycles. The molecule has 0 atom stereocenters. The van der Waals surface area contributed by atoms with Gasteiger partial charge < -0.3 is 5.32 Å². The Morgan fingerprint density at radius 1 is 1.27 bits per heavy atom. The van der Waals surface area contributed by atoms with Crippen molar-refractivity contribution in [1.29, 1.82) is 0 Å². The van der Waals surface area contributed by atoms with E-state index < -0.39 is 0 Å². The first-order valence-corrected chi connectivity index (χ1v) is 4.97. The SMILES string of the molecule is CC=Nc1nc(Cl)nc(NC(C)(C)C)n1. The molecule has 0 aliphatic heterocycles. The van der Waals surface area contributed by atoms with E-state index in [0.29, 0.717) is 11.9 Å². The van der Waals surface area contributed by atoms with Crippen molar-refractivity contribution in [3.63, 3.8) is 0 Å². The lowest BCUT2D eigenvalue weighted by Crippen LogP contribution is -2.27. The molecule has 1 aromatic rings. The summed E-state index contributed by atoms with van der Waals surface area (Å²) in [5.41, 5.74) is -0.127. The summed E-state index contributed by atoms with van der Waals surface area (Å²) in [6, 6.07) is 0. The number of aliphatic imine (C=N–C) groups is 1. The highest BCUT2D eigenvalue weighted by Crippen LogP contribution is 2.15. The molecule has 0 saturated heterocycles. The maximum atomic E-state index is 5.74. The van der Waals surface area contributed by atoms with Crippen LogP contribution in [-0.4, -0.2) is 26.7 Å². The zero-order valence-electron chi connectivity index (χ0n) is 9.24. The summed E-state index contributed by atoms with van der Waals surface area (Å²) in [5.74, 6) is 0.743. The predicted molar refractivity (Wildman–Crippen MR) is 62.0 cm³/mol. The number of halogens is 1. The smallest absolute Gasteiger partial charge is 0.255 e. The van der Waals surface area contributed by atoms with E-state index in [4.69, 9.17) is 11.6 Å². The third kappa shape index (κ3) is 4.20. The van der Waals surface area contributed by atoms with Gasteiger partial charge in [-0.25, -0.2) is 4.99 Å². The van der Waals surface area contributed by atoms with Crippen molar-refractivity contribution in [3.8, 4) is 0 Å². The summed E-state index contributed by atoms with van der Waals surface area (Å²) in [4.78, 5) is 15.9. The molecule has 82 valence electrons. The van der Waals surface area contributed by atoms with Crippen molar-refractivity contribution in [2.75, 3.05) is 5.32 Å². The second-order valence-corrected chi connectivity index (χ2v) is 4.33. The summed E-state index contributed by atoms with van der Waals surface area (Å²) < 4.78 is 0.